The topological polar surface area (TPSA) is 62.6 Å². The first-order valence-electron chi connectivity index (χ1n) is 7.95. The minimum atomic E-state index is -0.376. The fraction of sp³-hybridized carbons (Fsp3) is 0.222. The molecule has 3 aromatic heterocycles. The number of nitrogens with zero attached hydrogens (tertiary/aromatic N) is 1. The summed E-state index contributed by atoms with van der Waals surface area (Å²) < 4.78 is 5.06. The van der Waals surface area contributed by atoms with E-state index in [2.05, 4.69) is 22.8 Å². The lowest BCUT2D eigenvalue weighted by molar-refractivity contribution is -0.132. The molecule has 0 spiro atoms. The molecule has 0 saturated heterocycles. The normalized spacial score (nSPS) is 16.5. The Hall–Kier alpha value is -2.38. The van der Waals surface area contributed by atoms with Crippen LogP contribution in [0, 0.1) is 0 Å². The van der Waals surface area contributed by atoms with Crippen molar-refractivity contribution >= 4 is 34.5 Å². The van der Waals surface area contributed by atoms with Crippen LogP contribution in [0.4, 0.5) is 0 Å². The molecule has 1 aliphatic rings. The van der Waals surface area contributed by atoms with Gasteiger partial charge in [0.2, 0.25) is 5.91 Å². The predicted octanol–water partition coefficient (Wildman–Crippen LogP) is 3.31. The number of fused-ring (bicyclic) bond motifs is 1. The van der Waals surface area contributed by atoms with Crippen LogP contribution in [0.1, 0.15) is 31.9 Å². The van der Waals surface area contributed by atoms with Crippen molar-refractivity contribution < 1.29 is 14.0 Å². The molecule has 1 atom stereocenters. The average Bonchev–Trinajstić information content (AvgIpc) is 3.39. The highest BCUT2D eigenvalue weighted by atomic mass is 32.1. The van der Waals surface area contributed by atoms with Gasteiger partial charge in [0.25, 0.3) is 5.91 Å². The molecule has 1 N–H and O–H groups in total. The second-order valence-corrected chi connectivity index (χ2v) is 7.69. The van der Waals surface area contributed by atoms with Crippen LogP contribution in [-0.4, -0.2) is 29.8 Å². The highest BCUT2D eigenvalue weighted by Gasteiger charge is 2.33. The fourth-order valence-electron chi connectivity index (χ4n) is 3.09. The molecule has 5 nitrogen and oxygen atoms in total. The number of hydrogen-bond donors (Lipinski definition) is 1. The molecule has 1 aliphatic heterocycles. The minimum absolute atomic E-state index is 0.0408. The van der Waals surface area contributed by atoms with Crippen LogP contribution < -0.4 is 5.32 Å². The molecule has 3 aromatic rings. The van der Waals surface area contributed by atoms with Crippen molar-refractivity contribution in [1.29, 1.82) is 0 Å². The van der Waals surface area contributed by atoms with E-state index in [1.54, 1.807) is 34.8 Å². The van der Waals surface area contributed by atoms with Crippen molar-refractivity contribution in [2.45, 2.75) is 12.5 Å². The third-order valence-electron chi connectivity index (χ3n) is 4.24. The SMILES string of the molecule is O=C(NCC(=O)N1CCc2sccc2[C@@H]1c1cccs1)c1ccco1. The van der Waals surface area contributed by atoms with Gasteiger partial charge in [0.05, 0.1) is 18.8 Å². The molecule has 4 heterocycles. The Morgan fingerprint density at radius 2 is 2.12 bits per heavy atom. The van der Waals surface area contributed by atoms with Crippen LogP contribution in [0.15, 0.2) is 51.8 Å². The van der Waals surface area contributed by atoms with Crippen molar-refractivity contribution in [3.8, 4) is 0 Å². The molecule has 128 valence electrons. The van der Waals surface area contributed by atoms with Gasteiger partial charge in [-0.15, -0.1) is 22.7 Å². The predicted molar refractivity (Wildman–Crippen MR) is 96.9 cm³/mol. The van der Waals surface area contributed by atoms with Crippen LogP contribution >= 0.6 is 22.7 Å². The number of furan rings is 1. The number of carbonyl (C=O) groups excluding carboxylic acids is 2. The van der Waals surface area contributed by atoms with Crippen LogP contribution in [-0.2, 0) is 11.2 Å². The zero-order chi connectivity index (χ0) is 17.2. The Kier molecular flexibility index (Phi) is 4.42. The number of carbonyl (C=O) groups is 2. The van der Waals surface area contributed by atoms with E-state index >= 15 is 0 Å². The van der Waals surface area contributed by atoms with Crippen molar-refractivity contribution in [2.24, 2.45) is 0 Å². The monoisotopic (exact) mass is 372 g/mol. The maximum Gasteiger partial charge on any atom is 0.287 e. The maximum absolute atomic E-state index is 12.8. The van der Waals surface area contributed by atoms with Gasteiger partial charge in [-0.1, -0.05) is 6.07 Å². The lowest BCUT2D eigenvalue weighted by Crippen LogP contribution is -2.45. The average molecular weight is 372 g/mol. The Morgan fingerprint density at radius 1 is 1.20 bits per heavy atom. The van der Waals surface area contributed by atoms with Gasteiger partial charge >= 0.3 is 0 Å². The summed E-state index contributed by atoms with van der Waals surface area (Å²) in [5, 5.41) is 6.75. The molecule has 0 aromatic carbocycles. The fourth-order valence-corrected chi connectivity index (χ4v) is 4.85. The van der Waals surface area contributed by atoms with Gasteiger partial charge < -0.3 is 14.6 Å². The third-order valence-corrected chi connectivity index (χ3v) is 6.17. The summed E-state index contributed by atoms with van der Waals surface area (Å²) in [6.45, 7) is 0.617. The Labute approximate surface area is 152 Å². The molecular formula is C18H16N2O3S2. The van der Waals surface area contributed by atoms with E-state index in [1.165, 1.54) is 16.7 Å². The van der Waals surface area contributed by atoms with Crippen LogP contribution in [0.3, 0.4) is 0 Å². The summed E-state index contributed by atoms with van der Waals surface area (Å²) >= 11 is 3.39. The number of amides is 2. The number of nitrogens with one attached hydrogen (secondary N) is 1. The molecule has 7 heteroatoms. The van der Waals surface area contributed by atoms with Gasteiger partial charge in [0.1, 0.15) is 0 Å². The maximum atomic E-state index is 12.8. The highest BCUT2D eigenvalue weighted by molar-refractivity contribution is 7.10. The van der Waals surface area contributed by atoms with E-state index in [0.717, 1.165) is 11.3 Å². The molecule has 0 aliphatic carbocycles. The zero-order valence-electron chi connectivity index (χ0n) is 13.3. The second kappa shape index (κ2) is 6.85. The Bertz CT molecular complexity index is 868. The summed E-state index contributed by atoms with van der Waals surface area (Å²) in [5.41, 5.74) is 1.20. The van der Waals surface area contributed by atoms with E-state index in [1.807, 2.05) is 16.3 Å². The van der Waals surface area contributed by atoms with E-state index in [-0.39, 0.29) is 30.2 Å². The van der Waals surface area contributed by atoms with Gasteiger partial charge in [-0.25, -0.2) is 0 Å². The van der Waals surface area contributed by atoms with Crippen molar-refractivity contribution in [3.05, 3.63) is 68.4 Å². The van der Waals surface area contributed by atoms with Gasteiger partial charge in [0.15, 0.2) is 5.76 Å². The number of hydrogen-bond acceptors (Lipinski definition) is 5. The lowest BCUT2D eigenvalue weighted by atomic mass is 9.98. The van der Waals surface area contributed by atoms with Crippen LogP contribution in [0.5, 0.6) is 0 Å². The zero-order valence-corrected chi connectivity index (χ0v) is 14.9. The van der Waals surface area contributed by atoms with Crippen molar-refractivity contribution in [1.82, 2.24) is 10.2 Å². The van der Waals surface area contributed by atoms with Crippen molar-refractivity contribution in [3.63, 3.8) is 0 Å². The standard InChI is InChI=1S/C18H16N2O3S2/c21-16(11-19-18(22)13-3-1-8-23-13)20-7-5-14-12(6-10-25-14)17(20)15-4-2-9-24-15/h1-4,6,8-10,17H,5,7,11H2,(H,19,22)/t17-/m1/s1. The summed E-state index contributed by atoms with van der Waals surface area (Å²) in [4.78, 5) is 29.1. The number of rotatable bonds is 4. The smallest absolute Gasteiger partial charge is 0.287 e. The van der Waals surface area contributed by atoms with Gasteiger partial charge in [-0.05, 0) is 47.0 Å². The first-order chi connectivity index (χ1) is 12.2. The van der Waals surface area contributed by atoms with Crippen molar-refractivity contribution in [2.75, 3.05) is 13.1 Å². The summed E-state index contributed by atoms with van der Waals surface area (Å²) in [7, 11) is 0. The van der Waals surface area contributed by atoms with Gasteiger partial charge in [-0.3, -0.25) is 9.59 Å². The molecular weight excluding hydrogens is 356 g/mol. The first-order valence-corrected chi connectivity index (χ1v) is 9.71. The van der Waals surface area contributed by atoms with Gasteiger partial charge in [0, 0.05) is 16.3 Å². The molecule has 0 unspecified atom stereocenters. The van der Waals surface area contributed by atoms with Crippen LogP contribution in [0.2, 0.25) is 0 Å². The molecule has 25 heavy (non-hydrogen) atoms. The van der Waals surface area contributed by atoms with E-state index in [9.17, 15) is 9.59 Å². The Balaban J connectivity index is 1.52. The van der Waals surface area contributed by atoms with Gasteiger partial charge in [-0.2, -0.15) is 0 Å². The molecule has 0 radical (unpaired) electrons. The third kappa shape index (κ3) is 3.12. The van der Waals surface area contributed by atoms with Crippen LogP contribution in [0.25, 0.3) is 0 Å². The molecule has 0 saturated carbocycles. The van der Waals surface area contributed by atoms with E-state index in [0.29, 0.717) is 6.54 Å². The quantitative estimate of drug-likeness (QED) is 0.764. The number of thiophene rings is 2. The molecule has 4 rings (SSSR count). The second-order valence-electron chi connectivity index (χ2n) is 5.71. The summed E-state index contributed by atoms with van der Waals surface area (Å²) in [6, 6.07) is 9.32. The van der Waals surface area contributed by atoms with E-state index < -0.39 is 0 Å². The molecule has 0 bridgehead atoms. The Morgan fingerprint density at radius 3 is 2.88 bits per heavy atom. The molecule has 2 amide bonds. The largest absolute Gasteiger partial charge is 0.459 e. The minimum Gasteiger partial charge on any atom is -0.459 e. The highest BCUT2D eigenvalue weighted by Crippen LogP contribution is 2.39. The summed E-state index contributed by atoms with van der Waals surface area (Å²) in [5.74, 6) is -0.254. The molecule has 0 fully saturated rings. The first kappa shape index (κ1) is 16.1. The van der Waals surface area contributed by atoms with E-state index in [4.69, 9.17) is 4.42 Å². The lowest BCUT2D eigenvalue weighted by Gasteiger charge is -2.35. The summed E-state index contributed by atoms with van der Waals surface area (Å²) in [6.07, 6.45) is 2.29.